The first-order chi connectivity index (χ1) is 9.72. The van der Waals surface area contributed by atoms with E-state index in [2.05, 4.69) is 9.82 Å². The van der Waals surface area contributed by atoms with Gasteiger partial charge in [0, 0.05) is 17.0 Å². The summed E-state index contributed by atoms with van der Waals surface area (Å²) >= 11 is 0.931. The van der Waals surface area contributed by atoms with Gasteiger partial charge >= 0.3 is 5.97 Å². The average Bonchev–Trinajstić information content (AvgIpc) is 2.95. The fraction of sp³-hybridized carbons (Fsp3) is 0.333. The van der Waals surface area contributed by atoms with Gasteiger partial charge in [-0.2, -0.15) is 5.10 Å². The maximum atomic E-state index is 12.4. The maximum Gasteiger partial charge on any atom is 0.345 e. The Morgan fingerprint density at radius 1 is 1.48 bits per heavy atom. The van der Waals surface area contributed by atoms with E-state index in [1.165, 1.54) is 16.9 Å². The molecule has 2 aromatic heterocycles. The van der Waals surface area contributed by atoms with Gasteiger partial charge in [-0.05, 0) is 26.8 Å². The number of anilines is 1. The van der Waals surface area contributed by atoms with Crippen LogP contribution in [0.25, 0.3) is 0 Å². The fourth-order valence-electron chi connectivity index (χ4n) is 1.84. The van der Waals surface area contributed by atoms with E-state index in [0.29, 0.717) is 10.7 Å². The monoisotopic (exact) mass is 329 g/mol. The van der Waals surface area contributed by atoms with Gasteiger partial charge in [0.05, 0.1) is 6.20 Å². The minimum atomic E-state index is -3.85. The molecule has 0 radical (unpaired) electrons. The van der Waals surface area contributed by atoms with Crippen LogP contribution in [0.3, 0.4) is 0 Å². The molecule has 21 heavy (non-hydrogen) atoms. The van der Waals surface area contributed by atoms with Crippen molar-refractivity contribution in [1.29, 1.82) is 0 Å². The molecule has 114 valence electrons. The van der Waals surface area contributed by atoms with Crippen molar-refractivity contribution in [3.05, 3.63) is 28.1 Å². The molecule has 0 aromatic carbocycles. The topological polar surface area (TPSA) is 101 Å². The van der Waals surface area contributed by atoms with Crippen LogP contribution in [0.5, 0.6) is 0 Å². The van der Waals surface area contributed by atoms with Crippen molar-refractivity contribution < 1.29 is 18.3 Å². The number of aromatic carboxylic acids is 1. The Bertz CT molecular complexity index is 774. The van der Waals surface area contributed by atoms with Crippen LogP contribution in [0.1, 0.15) is 34.4 Å². The highest BCUT2D eigenvalue weighted by Crippen LogP contribution is 2.27. The van der Waals surface area contributed by atoms with Gasteiger partial charge in [-0.1, -0.05) is 0 Å². The van der Waals surface area contributed by atoms with Crippen LogP contribution in [-0.2, 0) is 10.0 Å². The zero-order chi connectivity index (χ0) is 15.8. The average molecular weight is 329 g/mol. The first kappa shape index (κ1) is 15.5. The second kappa shape index (κ2) is 5.49. The van der Waals surface area contributed by atoms with E-state index in [0.717, 1.165) is 11.3 Å². The van der Waals surface area contributed by atoms with Gasteiger partial charge in [-0.15, -0.1) is 11.3 Å². The first-order valence-electron chi connectivity index (χ1n) is 6.12. The normalized spacial score (nSPS) is 11.8. The minimum Gasteiger partial charge on any atom is -0.477 e. The molecule has 9 heteroatoms. The molecule has 0 aliphatic heterocycles. The number of thiophene rings is 1. The molecule has 0 fully saturated rings. The number of sulfonamides is 1. The van der Waals surface area contributed by atoms with Crippen LogP contribution in [0.4, 0.5) is 5.82 Å². The van der Waals surface area contributed by atoms with Crippen molar-refractivity contribution in [2.24, 2.45) is 0 Å². The van der Waals surface area contributed by atoms with E-state index in [-0.39, 0.29) is 15.8 Å². The Hall–Kier alpha value is -1.87. The molecular weight excluding hydrogens is 314 g/mol. The number of hydrogen-bond donors (Lipinski definition) is 2. The lowest BCUT2D eigenvalue weighted by Crippen LogP contribution is -2.17. The van der Waals surface area contributed by atoms with Crippen molar-refractivity contribution in [2.45, 2.75) is 31.7 Å². The quantitative estimate of drug-likeness (QED) is 0.876. The number of rotatable bonds is 5. The third kappa shape index (κ3) is 3.08. The second-order valence-corrected chi connectivity index (χ2v) is 7.60. The van der Waals surface area contributed by atoms with Crippen LogP contribution < -0.4 is 4.72 Å². The standard InChI is InChI=1S/C12H15N3O4S2/c1-7(2)15-11(4-5-13-15)14-21(18,19)10-6-9(12(16)17)20-8(10)3/h4-7,14H,1-3H3,(H,16,17). The summed E-state index contributed by atoms with van der Waals surface area (Å²) in [4.78, 5) is 11.3. The number of carboxylic acids is 1. The number of carbonyl (C=O) groups is 1. The van der Waals surface area contributed by atoms with E-state index in [9.17, 15) is 13.2 Å². The molecule has 0 saturated heterocycles. The minimum absolute atomic E-state index is 0.00384. The van der Waals surface area contributed by atoms with Crippen LogP contribution in [0, 0.1) is 6.92 Å². The third-order valence-electron chi connectivity index (χ3n) is 2.77. The van der Waals surface area contributed by atoms with Gasteiger partial charge in [0.15, 0.2) is 0 Å². The molecule has 0 aliphatic carbocycles. The van der Waals surface area contributed by atoms with Crippen LogP contribution in [0.15, 0.2) is 23.2 Å². The van der Waals surface area contributed by atoms with E-state index < -0.39 is 16.0 Å². The molecule has 7 nitrogen and oxygen atoms in total. The van der Waals surface area contributed by atoms with Crippen molar-refractivity contribution in [2.75, 3.05) is 4.72 Å². The Morgan fingerprint density at radius 3 is 2.67 bits per heavy atom. The van der Waals surface area contributed by atoms with E-state index in [4.69, 9.17) is 5.11 Å². The Balaban J connectivity index is 2.39. The lowest BCUT2D eigenvalue weighted by atomic mass is 10.4. The Morgan fingerprint density at radius 2 is 2.14 bits per heavy atom. The summed E-state index contributed by atoms with van der Waals surface area (Å²) in [5.74, 6) is -0.802. The predicted octanol–water partition coefficient (Wildman–Crippen LogP) is 2.33. The van der Waals surface area contributed by atoms with Gasteiger partial charge in [-0.25, -0.2) is 17.9 Å². The molecule has 2 aromatic rings. The van der Waals surface area contributed by atoms with Gasteiger partial charge in [-0.3, -0.25) is 4.72 Å². The van der Waals surface area contributed by atoms with E-state index in [1.54, 1.807) is 13.0 Å². The van der Waals surface area contributed by atoms with Crippen molar-refractivity contribution >= 4 is 33.1 Å². The first-order valence-corrected chi connectivity index (χ1v) is 8.42. The number of carboxylic acid groups (broad SMARTS) is 1. The molecule has 0 saturated carbocycles. The number of hydrogen-bond acceptors (Lipinski definition) is 5. The molecule has 0 amide bonds. The highest BCUT2D eigenvalue weighted by Gasteiger charge is 2.23. The Labute approximate surface area is 126 Å². The van der Waals surface area contributed by atoms with Crippen LogP contribution in [-0.4, -0.2) is 29.3 Å². The SMILES string of the molecule is Cc1sc(C(=O)O)cc1S(=O)(=O)Nc1ccnn1C(C)C. The summed E-state index contributed by atoms with van der Waals surface area (Å²) in [6.45, 7) is 5.33. The Kier molecular flexibility index (Phi) is 4.06. The summed E-state index contributed by atoms with van der Waals surface area (Å²) < 4.78 is 28.8. The molecule has 2 N–H and O–H groups in total. The lowest BCUT2D eigenvalue weighted by Gasteiger charge is -2.12. The molecule has 0 bridgehead atoms. The van der Waals surface area contributed by atoms with Gasteiger partial charge < -0.3 is 5.11 Å². The second-order valence-electron chi connectivity index (χ2n) is 4.70. The number of nitrogens with one attached hydrogen (secondary N) is 1. The molecular formula is C12H15N3O4S2. The van der Waals surface area contributed by atoms with Gasteiger partial charge in [0.1, 0.15) is 15.6 Å². The molecule has 2 heterocycles. The van der Waals surface area contributed by atoms with Gasteiger partial charge in [0.25, 0.3) is 10.0 Å². The highest BCUT2D eigenvalue weighted by atomic mass is 32.2. The smallest absolute Gasteiger partial charge is 0.345 e. The number of nitrogens with zero attached hydrogens (tertiary/aromatic N) is 2. The summed E-state index contributed by atoms with van der Waals surface area (Å²) in [5, 5.41) is 13.0. The van der Waals surface area contributed by atoms with Crippen molar-refractivity contribution in [3.63, 3.8) is 0 Å². The van der Waals surface area contributed by atoms with Crippen LogP contribution in [0.2, 0.25) is 0 Å². The van der Waals surface area contributed by atoms with E-state index >= 15 is 0 Å². The molecule has 0 atom stereocenters. The van der Waals surface area contributed by atoms with Crippen molar-refractivity contribution in [3.8, 4) is 0 Å². The molecule has 0 unspecified atom stereocenters. The maximum absolute atomic E-state index is 12.4. The molecule has 0 aliphatic rings. The predicted molar refractivity (Wildman–Crippen MR) is 79.4 cm³/mol. The largest absolute Gasteiger partial charge is 0.477 e. The zero-order valence-electron chi connectivity index (χ0n) is 11.7. The third-order valence-corrected chi connectivity index (χ3v) is 5.42. The highest BCUT2D eigenvalue weighted by molar-refractivity contribution is 7.93. The summed E-state index contributed by atoms with van der Waals surface area (Å²) in [6, 6.07) is 2.72. The fourth-order valence-corrected chi connectivity index (χ4v) is 4.32. The van der Waals surface area contributed by atoms with Gasteiger partial charge in [0.2, 0.25) is 0 Å². The number of aryl methyl sites for hydroxylation is 1. The summed E-state index contributed by atoms with van der Waals surface area (Å²) in [6.07, 6.45) is 1.50. The van der Waals surface area contributed by atoms with Crippen molar-refractivity contribution in [1.82, 2.24) is 9.78 Å². The molecule has 0 spiro atoms. The lowest BCUT2D eigenvalue weighted by molar-refractivity contribution is 0.0702. The zero-order valence-corrected chi connectivity index (χ0v) is 13.3. The molecule has 2 rings (SSSR count). The van der Waals surface area contributed by atoms with Crippen LogP contribution >= 0.6 is 11.3 Å². The van der Waals surface area contributed by atoms with E-state index in [1.807, 2.05) is 13.8 Å². The summed E-state index contributed by atoms with van der Waals surface area (Å²) in [7, 11) is -3.85. The number of aromatic nitrogens is 2. The summed E-state index contributed by atoms with van der Waals surface area (Å²) in [5.41, 5.74) is 0.